The van der Waals surface area contributed by atoms with Gasteiger partial charge in [-0.1, -0.05) is 12.1 Å². The molecule has 0 spiro atoms. The minimum atomic E-state index is -0.467. The molecule has 146 valence electrons. The molecule has 0 unspecified atom stereocenters. The van der Waals surface area contributed by atoms with E-state index in [1.165, 1.54) is 13.4 Å². The van der Waals surface area contributed by atoms with Gasteiger partial charge < -0.3 is 20.5 Å². The maximum atomic E-state index is 11.3. The van der Waals surface area contributed by atoms with E-state index in [2.05, 4.69) is 20.4 Å². The molecule has 4 rings (SSSR count). The third-order valence-corrected chi connectivity index (χ3v) is 4.38. The van der Waals surface area contributed by atoms with Gasteiger partial charge in [-0.2, -0.15) is 10.1 Å². The molecule has 1 amide bonds. The summed E-state index contributed by atoms with van der Waals surface area (Å²) in [6.07, 6.45) is 3.33. The number of methoxy groups -OCH3 is 2. The Balaban J connectivity index is 1.74. The molecule has 0 aliphatic rings. The molecule has 4 aromatic rings. The fraction of sp³-hybridized carbons (Fsp3) is 0.100. The van der Waals surface area contributed by atoms with E-state index in [0.717, 1.165) is 11.1 Å². The summed E-state index contributed by atoms with van der Waals surface area (Å²) in [6.45, 7) is 0. The lowest BCUT2D eigenvalue weighted by molar-refractivity contribution is 0.100. The second-order valence-corrected chi connectivity index (χ2v) is 6.15. The Hall–Kier alpha value is -4.14. The number of primary amides is 1. The van der Waals surface area contributed by atoms with E-state index in [1.54, 1.807) is 35.9 Å². The Bertz CT molecular complexity index is 1190. The van der Waals surface area contributed by atoms with Crippen molar-refractivity contribution in [3.8, 4) is 22.8 Å². The predicted octanol–water partition coefficient (Wildman–Crippen LogP) is 2.65. The van der Waals surface area contributed by atoms with Crippen molar-refractivity contribution in [3.63, 3.8) is 0 Å². The Morgan fingerprint density at radius 1 is 1.07 bits per heavy atom. The number of rotatable bonds is 6. The van der Waals surface area contributed by atoms with Crippen LogP contribution in [0.25, 0.3) is 16.8 Å². The number of carbonyl (C=O) groups is 1. The lowest BCUT2D eigenvalue weighted by atomic mass is 10.0. The van der Waals surface area contributed by atoms with Crippen LogP contribution in [0.2, 0.25) is 0 Å². The van der Waals surface area contributed by atoms with Crippen molar-refractivity contribution >= 4 is 23.1 Å². The van der Waals surface area contributed by atoms with E-state index in [4.69, 9.17) is 15.2 Å². The average Bonchev–Trinajstić information content (AvgIpc) is 3.22. The van der Waals surface area contributed by atoms with Crippen molar-refractivity contribution in [1.82, 2.24) is 19.6 Å². The molecule has 0 aliphatic heterocycles. The third-order valence-electron chi connectivity index (χ3n) is 4.38. The zero-order chi connectivity index (χ0) is 20.4. The van der Waals surface area contributed by atoms with Crippen LogP contribution >= 0.6 is 0 Å². The van der Waals surface area contributed by atoms with Gasteiger partial charge in [0.1, 0.15) is 12.1 Å². The van der Waals surface area contributed by atoms with Gasteiger partial charge in [0.2, 0.25) is 5.91 Å². The van der Waals surface area contributed by atoms with Crippen LogP contribution in [0.1, 0.15) is 10.4 Å². The summed E-state index contributed by atoms with van der Waals surface area (Å²) in [5, 5.41) is 7.50. The van der Waals surface area contributed by atoms with Crippen molar-refractivity contribution in [2.45, 2.75) is 0 Å². The second kappa shape index (κ2) is 7.47. The summed E-state index contributed by atoms with van der Waals surface area (Å²) in [5.74, 6) is 1.00. The predicted molar refractivity (Wildman–Crippen MR) is 108 cm³/mol. The first-order chi connectivity index (χ1) is 14.1. The number of amides is 1. The van der Waals surface area contributed by atoms with E-state index in [1.807, 2.05) is 24.4 Å². The van der Waals surface area contributed by atoms with E-state index >= 15 is 0 Å². The standard InChI is InChI=1S/C20H18N6O3/c1-28-16-7-8-17(25-20(16)29-2)24-15-9-14(10-26-19(15)22-11-23-26)12-3-5-13(6-4-12)18(21)27/h3-11H,1-2H3,(H2,21,27)(H,24,25). The van der Waals surface area contributed by atoms with Gasteiger partial charge in [-0.15, -0.1) is 0 Å². The number of carbonyl (C=O) groups excluding carboxylic acids is 1. The summed E-state index contributed by atoms with van der Waals surface area (Å²) < 4.78 is 12.2. The van der Waals surface area contributed by atoms with Crippen molar-refractivity contribution in [2.24, 2.45) is 5.73 Å². The first-order valence-corrected chi connectivity index (χ1v) is 8.68. The number of nitrogens with zero attached hydrogens (tertiary/aromatic N) is 4. The number of ether oxygens (including phenoxy) is 2. The number of hydrogen-bond acceptors (Lipinski definition) is 7. The van der Waals surface area contributed by atoms with Crippen LogP contribution < -0.4 is 20.5 Å². The third kappa shape index (κ3) is 3.53. The minimum Gasteiger partial charge on any atom is -0.491 e. The maximum Gasteiger partial charge on any atom is 0.258 e. The van der Waals surface area contributed by atoms with Gasteiger partial charge in [0.25, 0.3) is 5.88 Å². The number of pyridine rings is 2. The highest BCUT2D eigenvalue weighted by Crippen LogP contribution is 2.30. The van der Waals surface area contributed by atoms with Crippen LogP contribution in [0.4, 0.5) is 11.5 Å². The van der Waals surface area contributed by atoms with Gasteiger partial charge in [-0.05, 0) is 35.9 Å². The summed E-state index contributed by atoms with van der Waals surface area (Å²) in [4.78, 5) is 20.0. The normalized spacial score (nSPS) is 10.7. The summed E-state index contributed by atoms with van der Waals surface area (Å²) in [7, 11) is 3.08. The van der Waals surface area contributed by atoms with Gasteiger partial charge >= 0.3 is 0 Å². The highest BCUT2D eigenvalue weighted by Gasteiger charge is 2.12. The molecule has 0 bridgehead atoms. The number of anilines is 2. The monoisotopic (exact) mass is 390 g/mol. The van der Waals surface area contributed by atoms with Crippen LogP contribution in [-0.2, 0) is 0 Å². The summed E-state index contributed by atoms with van der Waals surface area (Å²) in [6, 6.07) is 12.5. The van der Waals surface area contributed by atoms with Gasteiger partial charge in [0.15, 0.2) is 11.4 Å². The molecule has 3 N–H and O–H groups in total. The molecule has 3 heterocycles. The van der Waals surface area contributed by atoms with Gasteiger partial charge in [-0.3, -0.25) is 4.79 Å². The molecule has 9 nitrogen and oxygen atoms in total. The highest BCUT2D eigenvalue weighted by molar-refractivity contribution is 5.93. The molecule has 0 fully saturated rings. The van der Waals surface area contributed by atoms with Crippen molar-refractivity contribution in [3.05, 3.63) is 60.6 Å². The zero-order valence-electron chi connectivity index (χ0n) is 15.8. The lowest BCUT2D eigenvalue weighted by Crippen LogP contribution is -2.10. The fourth-order valence-corrected chi connectivity index (χ4v) is 2.94. The van der Waals surface area contributed by atoms with Crippen LogP contribution in [0, 0.1) is 0 Å². The van der Waals surface area contributed by atoms with Crippen LogP contribution in [0.5, 0.6) is 11.6 Å². The number of benzene rings is 1. The zero-order valence-corrected chi connectivity index (χ0v) is 15.8. The summed E-state index contributed by atoms with van der Waals surface area (Å²) in [5.41, 5.74) is 8.89. The maximum absolute atomic E-state index is 11.3. The largest absolute Gasteiger partial charge is 0.491 e. The summed E-state index contributed by atoms with van der Waals surface area (Å²) >= 11 is 0. The first-order valence-electron chi connectivity index (χ1n) is 8.68. The SMILES string of the molecule is COc1ccc(Nc2cc(-c3ccc(C(N)=O)cc3)cn3ncnc23)nc1OC. The molecule has 9 heteroatoms. The van der Waals surface area contributed by atoms with Crippen molar-refractivity contribution < 1.29 is 14.3 Å². The first kappa shape index (κ1) is 18.2. The van der Waals surface area contributed by atoms with Crippen LogP contribution in [0.15, 0.2) is 55.0 Å². The Morgan fingerprint density at radius 2 is 1.86 bits per heavy atom. The number of nitrogens with one attached hydrogen (secondary N) is 1. The number of aromatic nitrogens is 4. The number of fused-ring (bicyclic) bond motifs is 1. The highest BCUT2D eigenvalue weighted by atomic mass is 16.5. The Morgan fingerprint density at radius 3 is 2.55 bits per heavy atom. The van der Waals surface area contributed by atoms with E-state index in [0.29, 0.717) is 34.3 Å². The fourth-order valence-electron chi connectivity index (χ4n) is 2.94. The molecule has 0 saturated heterocycles. The number of hydrogen-bond donors (Lipinski definition) is 2. The quantitative estimate of drug-likeness (QED) is 0.520. The minimum absolute atomic E-state index is 0.369. The lowest BCUT2D eigenvalue weighted by Gasteiger charge is -2.12. The van der Waals surface area contributed by atoms with Crippen molar-refractivity contribution in [2.75, 3.05) is 19.5 Å². The molecule has 0 atom stereocenters. The molecule has 29 heavy (non-hydrogen) atoms. The van der Waals surface area contributed by atoms with Gasteiger partial charge in [0.05, 0.1) is 19.9 Å². The smallest absolute Gasteiger partial charge is 0.258 e. The van der Waals surface area contributed by atoms with Gasteiger partial charge in [-0.25, -0.2) is 9.50 Å². The average molecular weight is 390 g/mol. The molecule has 0 saturated carbocycles. The topological polar surface area (TPSA) is 117 Å². The second-order valence-electron chi connectivity index (χ2n) is 6.15. The number of nitrogens with two attached hydrogens (primary N) is 1. The molecule has 0 aliphatic carbocycles. The molecular formula is C20H18N6O3. The molecule has 3 aromatic heterocycles. The van der Waals surface area contributed by atoms with Crippen LogP contribution in [-0.4, -0.2) is 39.7 Å². The molecule has 1 aromatic carbocycles. The van der Waals surface area contributed by atoms with E-state index in [9.17, 15) is 4.79 Å². The van der Waals surface area contributed by atoms with E-state index in [-0.39, 0.29) is 0 Å². The Kier molecular flexibility index (Phi) is 4.70. The van der Waals surface area contributed by atoms with Gasteiger partial charge in [0, 0.05) is 17.3 Å². The Labute approximate surface area is 166 Å². The molecular weight excluding hydrogens is 372 g/mol. The van der Waals surface area contributed by atoms with Crippen LogP contribution in [0.3, 0.4) is 0 Å². The van der Waals surface area contributed by atoms with Crippen molar-refractivity contribution in [1.29, 1.82) is 0 Å². The van der Waals surface area contributed by atoms with E-state index < -0.39 is 5.91 Å². The molecule has 0 radical (unpaired) electrons.